The lowest BCUT2D eigenvalue weighted by Gasteiger charge is -2.15. The number of rotatable bonds is 6. The molecule has 4 heteroatoms. The van der Waals surface area contributed by atoms with E-state index in [1.807, 2.05) is 27.1 Å². The molecule has 17 heavy (non-hydrogen) atoms. The summed E-state index contributed by atoms with van der Waals surface area (Å²) in [6.07, 6.45) is 7.25. The van der Waals surface area contributed by atoms with Crippen molar-refractivity contribution < 1.29 is 4.74 Å². The second kappa shape index (κ2) is 5.45. The van der Waals surface area contributed by atoms with Crippen molar-refractivity contribution >= 4 is 0 Å². The number of hydrogen-bond donors (Lipinski definition) is 1. The normalized spacial score (nSPS) is 17.2. The van der Waals surface area contributed by atoms with Crippen molar-refractivity contribution in [2.45, 2.75) is 45.3 Å². The van der Waals surface area contributed by atoms with Gasteiger partial charge in [-0.15, -0.1) is 0 Å². The number of hydrogen-bond acceptors (Lipinski definition) is 4. The summed E-state index contributed by atoms with van der Waals surface area (Å²) < 4.78 is 5.55. The smallest absolute Gasteiger partial charge is 0.232 e. The number of nitrogens with one attached hydrogen (secondary N) is 1. The van der Waals surface area contributed by atoms with Gasteiger partial charge in [0.05, 0.1) is 18.0 Å². The summed E-state index contributed by atoms with van der Waals surface area (Å²) in [5.74, 6) is 1.44. The standard InChI is InChI=1S/C13H21N3O/c1-9(2)17-13-8-15-7-11(16-13)6-12(14-3)10-4-5-10/h7-10,12,14H,4-6H2,1-3H3. The largest absolute Gasteiger partial charge is 0.474 e. The molecule has 0 aliphatic heterocycles. The summed E-state index contributed by atoms with van der Waals surface area (Å²) in [7, 11) is 2.02. The molecule has 1 heterocycles. The Morgan fingerprint density at radius 1 is 1.41 bits per heavy atom. The Morgan fingerprint density at radius 2 is 2.18 bits per heavy atom. The average Bonchev–Trinajstić information content (AvgIpc) is 3.09. The predicted octanol–water partition coefficient (Wildman–Crippen LogP) is 1.80. The fourth-order valence-corrected chi connectivity index (χ4v) is 2.01. The van der Waals surface area contributed by atoms with E-state index in [0.717, 1.165) is 18.0 Å². The quantitative estimate of drug-likeness (QED) is 0.817. The molecule has 1 saturated carbocycles. The molecule has 4 nitrogen and oxygen atoms in total. The number of likely N-dealkylation sites (N-methyl/N-ethyl adjacent to an activating group) is 1. The maximum absolute atomic E-state index is 5.55. The molecule has 0 bridgehead atoms. The second-order valence-corrected chi connectivity index (χ2v) is 4.95. The molecule has 1 N–H and O–H groups in total. The molecule has 2 rings (SSSR count). The lowest BCUT2D eigenvalue weighted by Crippen LogP contribution is -2.30. The van der Waals surface area contributed by atoms with E-state index in [2.05, 4.69) is 15.3 Å². The van der Waals surface area contributed by atoms with E-state index in [9.17, 15) is 0 Å². The van der Waals surface area contributed by atoms with Gasteiger partial charge in [-0.05, 0) is 39.7 Å². The molecule has 0 spiro atoms. The van der Waals surface area contributed by atoms with Gasteiger partial charge in [-0.25, -0.2) is 4.98 Å². The zero-order chi connectivity index (χ0) is 12.3. The van der Waals surface area contributed by atoms with Crippen LogP contribution in [0, 0.1) is 5.92 Å². The van der Waals surface area contributed by atoms with Gasteiger partial charge in [-0.1, -0.05) is 0 Å². The Labute approximate surface area is 103 Å². The van der Waals surface area contributed by atoms with Gasteiger partial charge in [0.25, 0.3) is 0 Å². The Bertz CT molecular complexity index is 363. The first kappa shape index (κ1) is 12.3. The first-order chi connectivity index (χ1) is 8.19. The van der Waals surface area contributed by atoms with Crippen molar-refractivity contribution in [3.8, 4) is 5.88 Å². The highest BCUT2D eigenvalue weighted by Gasteiger charge is 2.30. The van der Waals surface area contributed by atoms with Crippen LogP contribution in [-0.2, 0) is 6.42 Å². The summed E-state index contributed by atoms with van der Waals surface area (Å²) >= 11 is 0. The van der Waals surface area contributed by atoms with Crippen LogP contribution in [0.2, 0.25) is 0 Å². The molecule has 1 fully saturated rings. The third-order valence-corrected chi connectivity index (χ3v) is 3.01. The molecule has 1 unspecified atom stereocenters. The van der Waals surface area contributed by atoms with Crippen LogP contribution in [0.1, 0.15) is 32.4 Å². The van der Waals surface area contributed by atoms with Crippen LogP contribution >= 0.6 is 0 Å². The van der Waals surface area contributed by atoms with E-state index in [-0.39, 0.29) is 6.10 Å². The highest BCUT2D eigenvalue weighted by atomic mass is 16.5. The van der Waals surface area contributed by atoms with Gasteiger partial charge < -0.3 is 10.1 Å². The van der Waals surface area contributed by atoms with Crippen molar-refractivity contribution in [3.05, 3.63) is 18.1 Å². The van der Waals surface area contributed by atoms with E-state index >= 15 is 0 Å². The van der Waals surface area contributed by atoms with Crippen LogP contribution in [-0.4, -0.2) is 29.2 Å². The summed E-state index contributed by atoms with van der Waals surface area (Å²) in [5, 5.41) is 3.36. The van der Waals surface area contributed by atoms with Gasteiger partial charge in [0.15, 0.2) is 0 Å². The Balaban J connectivity index is 1.99. The number of nitrogens with zero attached hydrogens (tertiary/aromatic N) is 2. The minimum Gasteiger partial charge on any atom is -0.474 e. The Hall–Kier alpha value is -1.16. The van der Waals surface area contributed by atoms with Crippen molar-refractivity contribution in [3.63, 3.8) is 0 Å². The average molecular weight is 235 g/mol. The van der Waals surface area contributed by atoms with Crippen molar-refractivity contribution in [1.29, 1.82) is 0 Å². The molecule has 0 saturated heterocycles. The third-order valence-electron chi connectivity index (χ3n) is 3.01. The Morgan fingerprint density at radius 3 is 2.76 bits per heavy atom. The van der Waals surface area contributed by atoms with Crippen LogP contribution in [0.3, 0.4) is 0 Å². The Kier molecular flexibility index (Phi) is 3.94. The molecular formula is C13H21N3O. The maximum atomic E-state index is 5.55. The lowest BCUT2D eigenvalue weighted by atomic mass is 10.1. The molecule has 0 aromatic carbocycles. The third kappa shape index (κ3) is 3.66. The van der Waals surface area contributed by atoms with Crippen LogP contribution in [0.15, 0.2) is 12.4 Å². The molecule has 1 aliphatic carbocycles. The maximum Gasteiger partial charge on any atom is 0.232 e. The molecule has 1 aromatic heterocycles. The van der Waals surface area contributed by atoms with Gasteiger partial charge in [0.1, 0.15) is 0 Å². The fourth-order valence-electron chi connectivity index (χ4n) is 2.01. The zero-order valence-electron chi connectivity index (χ0n) is 10.8. The first-order valence-corrected chi connectivity index (χ1v) is 6.34. The monoisotopic (exact) mass is 235 g/mol. The molecule has 1 atom stereocenters. The van der Waals surface area contributed by atoms with Crippen molar-refractivity contribution in [2.75, 3.05) is 7.05 Å². The van der Waals surface area contributed by atoms with Crippen molar-refractivity contribution in [2.24, 2.45) is 5.92 Å². The van der Waals surface area contributed by atoms with E-state index in [4.69, 9.17) is 4.74 Å². The van der Waals surface area contributed by atoms with E-state index in [1.54, 1.807) is 6.20 Å². The molecular weight excluding hydrogens is 214 g/mol. The molecule has 0 amide bonds. The van der Waals surface area contributed by atoms with Crippen LogP contribution in [0.25, 0.3) is 0 Å². The summed E-state index contributed by atoms with van der Waals surface area (Å²) in [4.78, 5) is 8.68. The highest BCUT2D eigenvalue weighted by molar-refractivity contribution is 5.10. The first-order valence-electron chi connectivity index (χ1n) is 6.34. The number of ether oxygens (including phenoxy) is 1. The van der Waals surface area contributed by atoms with Gasteiger partial charge in [-0.2, -0.15) is 0 Å². The minimum absolute atomic E-state index is 0.142. The van der Waals surface area contributed by atoms with E-state index in [1.165, 1.54) is 12.8 Å². The van der Waals surface area contributed by atoms with Gasteiger partial charge >= 0.3 is 0 Å². The predicted molar refractivity (Wildman–Crippen MR) is 67.1 cm³/mol. The fraction of sp³-hybridized carbons (Fsp3) is 0.692. The summed E-state index contributed by atoms with van der Waals surface area (Å²) in [5.41, 5.74) is 1.01. The van der Waals surface area contributed by atoms with Crippen LogP contribution < -0.4 is 10.1 Å². The highest BCUT2D eigenvalue weighted by Crippen LogP contribution is 2.33. The van der Waals surface area contributed by atoms with Gasteiger partial charge in [-0.3, -0.25) is 4.98 Å². The number of aromatic nitrogens is 2. The van der Waals surface area contributed by atoms with Crippen molar-refractivity contribution in [1.82, 2.24) is 15.3 Å². The topological polar surface area (TPSA) is 47.0 Å². The lowest BCUT2D eigenvalue weighted by molar-refractivity contribution is 0.230. The van der Waals surface area contributed by atoms with Gasteiger partial charge in [0, 0.05) is 18.7 Å². The molecule has 0 radical (unpaired) electrons. The molecule has 94 valence electrons. The summed E-state index contributed by atoms with van der Waals surface area (Å²) in [6.45, 7) is 3.99. The van der Waals surface area contributed by atoms with Crippen LogP contribution in [0.5, 0.6) is 5.88 Å². The molecule has 1 aromatic rings. The van der Waals surface area contributed by atoms with E-state index in [0.29, 0.717) is 11.9 Å². The zero-order valence-corrected chi connectivity index (χ0v) is 10.8. The van der Waals surface area contributed by atoms with Crippen LogP contribution in [0.4, 0.5) is 0 Å². The summed E-state index contributed by atoms with van der Waals surface area (Å²) in [6, 6.07) is 0.526. The molecule has 1 aliphatic rings. The van der Waals surface area contributed by atoms with Gasteiger partial charge in [0.2, 0.25) is 5.88 Å². The SMILES string of the molecule is CNC(Cc1cncc(OC(C)C)n1)C1CC1. The van der Waals surface area contributed by atoms with E-state index < -0.39 is 0 Å². The minimum atomic E-state index is 0.142. The second-order valence-electron chi connectivity index (χ2n) is 4.95.